The van der Waals surface area contributed by atoms with Gasteiger partial charge >= 0.3 is 0 Å². The topological polar surface area (TPSA) is 29.9 Å². The number of rotatable bonds is 8. The van der Waals surface area contributed by atoms with Gasteiger partial charge in [-0.3, -0.25) is 0 Å². The molecule has 3 nitrogen and oxygen atoms in total. The van der Waals surface area contributed by atoms with E-state index in [1.807, 2.05) is 11.8 Å². The van der Waals surface area contributed by atoms with Crippen molar-refractivity contribution in [3.8, 4) is 0 Å². The minimum absolute atomic E-state index is 0.709. The Morgan fingerprint density at radius 2 is 2.29 bits per heavy atom. The third-order valence-corrected chi connectivity index (χ3v) is 3.93. The Kier molecular flexibility index (Phi) is 6.48. The minimum Gasteiger partial charge on any atom is -0.356 e. The number of aryl methyl sites for hydroxylation is 2. The van der Waals surface area contributed by atoms with E-state index < -0.39 is 0 Å². The van der Waals surface area contributed by atoms with Crippen LogP contribution in [0.25, 0.3) is 0 Å². The van der Waals surface area contributed by atoms with Crippen molar-refractivity contribution in [3.63, 3.8) is 0 Å². The average molecular weight is 255 g/mol. The van der Waals surface area contributed by atoms with Gasteiger partial charge in [0.25, 0.3) is 0 Å². The van der Waals surface area contributed by atoms with Gasteiger partial charge in [0.15, 0.2) is 0 Å². The minimum atomic E-state index is 0.709. The second kappa shape index (κ2) is 7.64. The van der Waals surface area contributed by atoms with Gasteiger partial charge in [0.1, 0.15) is 0 Å². The van der Waals surface area contributed by atoms with E-state index in [0.717, 1.165) is 24.7 Å². The monoisotopic (exact) mass is 255 g/mol. The van der Waals surface area contributed by atoms with Crippen LogP contribution < -0.4 is 5.32 Å². The predicted octanol–water partition coefficient (Wildman–Crippen LogP) is 3.55. The number of unbranched alkanes of at least 4 members (excludes halogenated alkanes) is 1. The zero-order valence-corrected chi connectivity index (χ0v) is 12.3. The number of anilines is 1. The van der Waals surface area contributed by atoms with Gasteiger partial charge in [-0.25, -0.2) is 4.98 Å². The van der Waals surface area contributed by atoms with Crippen LogP contribution in [0.2, 0.25) is 0 Å². The highest BCUT2D eigenvalue weighted by Gasteiger charge is 2.06. The highest BCUT2D eigenvalue weighted by Crippen LogP contribution is 2.14. The van der Waals surface area contributed by atoms with Crippen LogP contribution in [0.5, 0.6) is 0 Å². The Labute approximate surface area is 109 Å². The molecule has 0 aromatic carbocycles. The molecule has 98 valence electrons. The molecule has 0 saturated carbocycles. The number of hydrogen-bond acceptors (Lipinski definition) is 3. The molecule has 1 atom stereocenters. The van der Waals surface area contributed by atoms with Crippen LogP contribution in [-0.4, -0.2) is 27.6 Å². The molecule has 0 amide bonds. The first-order valence-corrected chi connectivity index (χ1v) is 7.76. The summed E-state index contributed by atoms with van der Waals surface area (Å²) in [5, 5.41) is 4.13. The van der Waals surface area contributed by atoms with Crippen LogP contribution >= 0.6 is 11.8 Å². The highest BCUT2D eigenvalue weighted by atomic mass is 32.2. The lowest BCUT2D eigenvalue weighted by Crippen LogP contribution is -2.10. The summed E-state index contributed by atoms with van der Waals surface area (Å²) in [4.78, 5) is 4.53. The fourth-order valence-corrected chi connectivity index (χ4v) is 2.02. The van der Waals surface area contributed by atoms with Crippen molar-refractivity contribution in [2.75, 3.05) is 18.1 Å². The molecule has 0 radical (unpaired) electrons. The van der Waals surface area contributed by atoms with Crippen LogP contribution in [0, 0.1) is 6.92 Å². The van der Waals surface area contributed by atoms with E-state index in [2.05, 4.69) is 48.1 Å². The third-order valence-electron chi connectivity index (χ3n) is 2.89. The lowest BCUT2D eigenvalue weighted by Gasteiger charge is -2.12. The average Bonchev–Trinajstić information content (AvgIpc) is 2.67. The molecule has 17 heavy (non-hydrogen) atoms. The van der Waals surface area contributed by atoms with E-state index in [-0.39, 0.29) is 0 Å². The molecule has 0 aliphatic carbocycles. The van der Waals surface area contributed by atoms with Crippen LogP contribution in [0.3, 0.4) is 0 Å². The van der Waals surface area contributed by atoms with Gasteiger partial charge in [-0.2, -0.15) is 11.8 Å². The fourth-order valence-electron chi connectivity index (χ4n) is 1.67. The number of thioether (sulfide) groups is 1. The Morgan fingerprint density at radius 3 is 2.94 bits per heavy atom. The Morgan fingerprint density at radius 1 is 1.53 bits per heavy atom. The zero-order valence-electron chi connectivity index (χ0n) is 11.5. The summed E-state index contributed by atoms with van der Waals surface area (Å²) in [7, 11) is 0. The molecule has 0 saturated heterocycles. The lowest BCUT2D eigenvalue weighted by molar-refractivity contribution is 0.642. The van der Waals surface area contributed by atoms with Crippen molar-refractivity contribution >= 4 is 17.7 Å². The summed E-state index contributed by atoms with van der Waals surface area (Å²) in [5.41, 5.74) is 1.10. The first-order valence-electron chi connectivity index (χ1n) is 6.47. The summed E-state index contributed by atoms with van der Waals surface area (Å²) < 4.78 is 2.25. The molecular formula is C13H25N3S. The number of nitrogens with zero attached hydrogens (tertiary/aromatic N) is 2. The first kappa shape index (κ1) is 14.4. The molecular weight excluding hydrogens is 230 g/mol. The molecule has 0 fully saturated rings. The van der Waals surface area contributed by atoms with Crippen molar-refractivity contribution in [2.24, 2.45) is 0 Å². The van der Waals surface area contributed by atoms with Gasteiger partial charge in [0, 0.05) is 24.5 Å². The van der Waals surface area contributed by atoms with Gasteiger partial charge in [-0.05, 0) is 26.0 Å². The fraction of sp³-hybridized carbons (Fsp3) is 0.769. The molecule has 1 rings (SSSR count). The Bertz CT molecular complexity index is 322. The number of aromatic nitrogens is 2. The zero-order chi connectivity index (χ0) is 12.7. The molecule has 1 N–H and O–H groups in total. The van der Waals surface area contributed by atoms with Gasteiger partial charge in [0.05, 0.1) is 5.69 Å². The summed E-state index contributed by atoms with van der Waals surface area (Å²) in [5.74, 6) is 1.03. The molecule has 0 aliphatic rings. The van der Waals surface area contributed by atoms with Crippen molar-refractivity contribution < 1.29 is 0 Å². The number of nitrogens with one attached hydrogen (secondary N) is 1. The van der Waals surface area contributed by atoms with Gasteiger partial charge in [-0.1, -0.05) is 20.3 Å². The summed E-state index contributed by atoms with van der Waals surface area (Å²) in [6, 6.07) is 0. The normalized spacial score (nSPS) is 12.7. The molecule has 1 aromatic rings. The SMILES string of the molecule is CCCCNc1nc(C)cn1CCC(C)SC. The van der Waals surface area contributed by atoms with E-state index in [4.69, 9.17) is 0 Å². The van der Waals surface area contributed by atoms with Gasteiger partial charge in [-0.15, -0.1) is 0 Å². The largest absolute Gasteiger partial charge is 0.356 e. The van der Waals surface area contributed by atoms with Crippen molar-refractivity contribution in [3.05, 3.63) is 11.9 Å². The number of hydrogen-bond donors (Lipinski definition) is 1. The molecule has 0 spiro atoms. The second-order valence-electron chi connectivity index (χ2n) is 4.51. The summed E-state index contributed by atoms with van der Waals surface area (Å²) in [6.07, 6.45) is 7.92. The highest BCUT2D eigenvalue weighted by molar-refractivity contribution is 7.99. The van der Waals surface area contributed by atoms with E-state index in [1.54, 1.807) is 0 Å². The van der Waals surface area contributed by atoms with Crippen LogP contribution in [-0.2, 0) is 6.54 Å². The number of imidazole rings is 1. The molecule has 1 aromatic heterocycles. The molecule has 4 heteroatoms. The maximum Gasteiger partial charge on any atom is 0.203 e. The smallest absolute Gasteiger partial charge is 0.203 e. The molecule has 1 unspecified atom stereocenters. The van der Waals surface area contributed by atoms with Crippen molar-refractivity contribution in [1.82, 2.24) is 9.55 Å². The summed E-state index contributed by atoms with van der Waals surface area (Å²) in [6.45, 7) is 8.61. The van der Waals surface area contributed by atoms with Crippen molar-refractivity contribution in [2.45, 2.75) is 51.8 Å². The molecule has 1 heterocycles. The van der Waals surface area contributed by atoms with E-state index >= 15 is 0 Å². The van der Waals surface area contributed by atoms with Crippen LogP contribution in [0.15, 0.2) is 6.20 Å². The lowest BCUT2D eigenvalue weighted by atomic mass is 10.3. The van der Waals surface area contributed by atoms with E-state index in [9.17, 15) is 0 Å². The Hall–Kier alpha value is -0.640. The van der Waals surface area contributed by atoms with Crippen LogP contribution in [0.4, 0.5) is 5.95 Å². The van der Waals surface area contributed by atoms with E-state index in [0.29, 0.717) is 5.25 Å². The quantitative estimate of drug-likeness (QED) is 0.721. The maximum absolute atomic E-state index is 4.53. The van der Waals surface area contributed by atoms with Crippen molar-refractivity contribution in [1.29, 1.82) is 0 Å². The molecule has 0 aliphatic heterocycles. The standard InChI is InChI=1S/C13H25N3S/c1-5-6-8-14-13-15-11(2)10-16(13)9-7-12(3)17-4/h10,12H,5-9H2,1-4H3,(H,14,15). The third kappa shape index (κ3) is 5.02. The molecule has 0 bridgehead atoms. The second-order valence-corrected chi connectivity index (χ2v) is 5.79. The summed E-state index contributed by atoms with van der Waals surface area (Å²) >= 11 is 1.92. The van der Waals surface area contributed by atoms with Gasteiger partial charge < -0.3 is 9.88 Å². The van der Waals surface area contributed by atoms with E-state index in [1.165, 1.54) is 19.3 Å². The van der Waals surface area contributed by atoms with Gasteiger partial charge in [0.2, 0.25) is 5.95 Å². The Balaban J connectivity index is 2.51. The predicted molar refractivity (Wildman–Crippen MR) is 78.0 cm³/mol. The first-order chi connectivity index (χ1) is 8.17. The maximum atomic E-state index is 4.53. The van der Waals surface area contributed by atoms with Crippen LogP contribution in [0.1, 0.15) is 38.8 Å².